The van der Waals surface area contributed by atoms with Crippen molar-refractivity contribution in [1.82, 2.24) is 15.5 Å². The number of rotatable bonds is 6. The Morgan fingerprint density at radius 3 is 2.60 bits per heavy atom. The van der Waals surface area contributed by atoms with E-state index in [0.717, 1.165) is 6.42 Å². The van der Waals surface area contributed by atoms with Gasteiger partial charge in [0.1, 0.15) is 0 Å². The number of nitrogens with zero attached hydrogens (tertiary/aromatic N) is 2. The van der Waals surface area contributed by atoms with Crippen LogP contribution in [0.15, 0.2) is 28.8 Å². The van der Waals surface area contributed by atoms with Crippen molar-refractivity contribution in [1.29, 1.82) is 0 Å². The quantitative estimate of drug-likeness (QED) is 0.839. The Kier molecular flexibility index (Phi) is 5.95. The minimum Gasteiger partial charge on any atom is -0.391 e. The van der Waals surface area contributed by atoms with E-state index in [0.29, 0.717) is 22.8 Å². The molecule has 0 spiro atoms. The summed E-state index contributed by atoms with van der Waals surface area (Å²) in [5.41, 5.74) is 0.795. The maximum Gasteiger partial charge on any atom is 0.258 e. The first-order chi connectivity index (χ1) is 11.7. The molecule has 0 bridgehead atoms. The average Bonchev–Trinajstić information content (AvgIpc) is 3.08. The first-order valence-corrected chi connectivity index (χ1v) is 8.64. The van der Waals surface area contributed by atoms with Gasteiger partial charge < -0.3 is 14.9 Å². The van der Waals surface area contributed by atoms with Crippen LogP contribution in [0.25, 0.3) is 11.5 Å². The van der Waals surface area contributed by atoms with Crippen molar-refractivity contribution in [3.05, 3.63) is 35.7 Å². The first kappa shape index (κ1) is 19.1. The second kappa shape index (κ2) is 7.78. The summed E-state index contributed by atoms with van der Waals surface area (Å²) in [6.07, 6.45) is 0.280. The van der Waals surface area contributed by atoms with E-state index in [1.165, 1.54) is 0 Å². The topological polar surface area (TPSA) is 88.2 Å². The molecule has 25 heavy (non-hydrogen) atoms. The third-order valence-corrected chi connectivity index (χ3v) is 4.27. The summed E-state index contributed by atoms with van der Waals surface area (Å²) in [7, 11) is 0. The zero-order valence-electron chi connectivity index (χ0n) is 15.5. The molecule has 0 radical (unpaired) electrons. The van der Waals surface area contributed by atoms with Gasteiger partial charge in [-0.3, -0.25) is 4.79 Å². The predicted molar refractivity (Wildman–Crippen MR) is 96.2 cm³/mol. The van der Waals surface area contributed by atoms with Gasteiger partial charge in [0.2, 0.25) is 0 Å². The van der Waals surface area contributed by atoms with Gasteiger partial charge in [-0.25, -0.2) is 0 Å². The maximum atomic E-state index is 12.5. The highest BCUT2D eigenvalue weighted by molar-refractivity contribution is 5.99. The number of amides is 1. The molecule has 0 fully saturated rings. The Hall–Kier alpha value is -2.21. The smallest absolute Gasteiger partial charge is 0.258 e. The summed E-state index contributed by atoms with van der Waals surface area (Å²) >= 11 is 0. The molecule has 2 atom stereocenters. The number of carbonyl (C=O) groups excluding carboxylic acids is 1. The van der Waals surface area contributed by atoms with Gasteiger partial charge in [-0.1, -0.05) is 58.3 Å². The molecule has 0 saturated carbocycles. The molecule has 0 aliphatic heterocycles. The van der Waals surface area contributed by atoms with Crippen LogP contribution in [0.5, 0.6) is 0 Å². The lowest BCUT2D eigenvalue weighted by molar-refractivity contribution is 0.0850. The van der Waals surface area contributed by atoms with Crippen LogP contribution in [0.2, 0.25) is 0 Å². The molecule has 2 N–H and O–H groups in total. The van der Waals surface area contributed by atoms with E-state index in [1.807, 2.05) is 40.7 Å². The highest BCUT2D eigenvalue weighted by Gasteiger charge is 2.24. The van der Waals surface area contributed by atoms with Gasteiger partial charge in [0, 0.05) is 12.0 Å². The molecule has 2 unspecified atom stereocenters. The van der Waals surface area contributed by atoms with E-state index in [9.17, 15) is 9.90 Å². The third-order valence-electron chi connectivity index (χ3n) is 4.27. The zero-order chi connectivity index (χ0) is 18.6. The van der Waals surface area contributed by atoms with Crippen molar-refractivity contribution in [2.45, 2.75) is 52.6 Å². The molecule has 1 aromatic heterocycles. The molecule has 0 aliphatic carbocycles. The number of benzene rings is 1. The zero-order valence-corrected chi connectivity index (χ0v) is 15.5. The fourth-order valence-electron chi connectivity index (χ4n) is 2.27. The van der Waals surface area contributed by atoms with E-state index in [2.05, 4.69) is 15.5 Å². The fourth-order valence-corrected chi connectivity index (χ4v) is 2.27. The number of aromatic nitrogens is 2. The number of carbonyl (C=O) groups is 1. The first-order valence-electron chi connectivity index (χ1n) is 8.64. The van der Waals surface area contributed by atoms with Crippen molar-refractivity contribution >= 4 is 5.91 Å². The third kappa shape index (κ3) is 4.66. The Morgan fingerprint density at radius 2 is 2.00 bits per heavy atom. The number of nitrogens with one attached hydrogen (secondary N) is 1. The van der Waals surface area contributed by atoms with Gasteiger partial charge in [-0.05, 0) is 18.1 Å². The van der Waals surface area contributed by atoms with Gasteiger partial charge in [0.05, 0.1) is 17.2 Å². The molecule has 6 nitrogen and oxygen atoms in total. The Morgan fingerprint density at radius 1 is 1.32 bits per heavy atom. The second-order valence-electron chi connectivity index (χ2n) is 7.38. The summed E-state index contributed by atoms with van der Waals surface area (Å²) < 4.78 is 5.36. The van der Waals surface area contributed by atoms with E-state index < -0.39 is 6.10 Å². The summed E-state index contributed by atoms with van der Waals surface area (Å²) in [6, 6.07) is 7.09. The molecule has 6 heteroatoms. The van der Waals surface area contributed by atoms with Crippen molar-refractivity contribution < 1.29 is 14.4 Å². The Bertz CT molecular complexity index is 719. The lowest BCUT2D eigenvalue weighted by Gasteiger charge is -2.17. The summed E-state index contributed by atoms with van der Waals surface area (Å²) in [5.74, 6) is 0.761. The van der Waals surface area contributed by atoms with E-state index in [1.54, 1.807) is 18.2 Å². The predicted octanol–water partition coefficient (Wildman–Crippen LogP) is 3.17. The summed E-state index contributed by atoms with van der Waals surface area (Å²) in [4.78, 5) is 17.0. The number of hydrogen-bond acceptors (Lipinski definition) is 5. The van der Waals surface area contributed by atoms with Gasteiger partial charge in [-0.2, -0.15) is 4.98 Å². The molecular weight excluding hydrogens is 318 g/mol. The molecule has 0 aliphatic rings. The van der Waals surface area contributed by atoms with Crippen LogP contribution in [0.1, 0.15) is 57.2 Å². The fraction of sp³-hybridized carbons (Fsp3) is 0.526. The minimum absolute atomic E-state index is 0.126. The van der Waals surface area contributed by atoms with E-state index in [4.69, 9.17) is 4.52 Å². The Balaban J connectivity index is 2.20. The van der Waals surface area contributed by atoms with Gasteiger partial charge >= 0.3 is 0 Å². The van der Waals surface area contributed by atoms with Crippen LogP contribution in [0.4, 0.5) is 0 Å². The molecule has 1 heterocycles. The largest absolute Gasteiger partial charge is 0.391 e. The van der Waals surface area contributed by atoms with Crippen molar-refractivity contribution in [3.8, 4) is 11.5 Å². The van der Waals surface area contributed by atoms with Crippen molar-refractivity contribution in [3.63, 3.8) is 0 Å². The van der Waals surface area contributed by atoms with Gasteiger partial charge in [0.15, 0.2) is 5.82 Å². The standard InChI is InChI=1S/C19H27N3O3/c1-6-12(2)15(23)11-20-16(24)13-9-7-8-10-14(13)17-21-18(22-25-17)19(3,4)5/h7-10,12,15,23H,6,11H2,1-5H3,(H,20,24). The Labute approximate surface area is 148 Å². The molecule has 0 saturated heterocycles. The lowest BCUT2D eigenvalue weighted by atomic mass is 9.96. The molecule has 1 amide bonds. The van der Waals surface area contributed by atoms with Crippen LogP contribution < -0.4 is 5.32 Å². The molecule has 2 rings (SSSR count). The molecular formula is C19H27N3O3. The van der Waals surface area contributed by atoms with Crippen LogP contribution in [0, 0.1) is 5.92 Å². The summed E-state index contributed by atoms with van der Waals surface area (Å²) in [6.45, 7) is 10.2. The number of aliphatic hydroxyl groups is 1. The second-order valence-corrected chi connectivity index (χ2v) is 7.38. The maximum absolute atomic E-state index is 12.5. The highest BCUT2D eigenvalue weighted by atomic mass is 16.5. The van der Waals surface area contributed by atoms with Crippen LogP contribution in [0.3, 0.4) is 0 Å². The van der Waals surface area contributed by atoms with Crippen LogP contribution in [-0.4, -0.2) is 33.8 Å². The SMILES string of the molecule is CCC(C)C(O)CNC(=O)c1ccccc1-c1nc(C(C)(C)C)no1. The minimum atomic E-state index is -0.572. The number of aliphatic hydroxyl groups excluding tert-OH is 1. The average molecular weight is 345 g/mol. The van der Waals surface area contributed by atoms with Gasteiger partial charge in [0.25, 0.3) is 11.8 Å². The van der Waals surface area contributed by atoms with Crippen LogP contribution in [-0.2, 0) is 5.41 Å². The van der Waals surface area contributed by atoms with Gasteiger partial charge in [-0.15, -0.1) is 0 Å². The monoisotopic (exact) mass is 345 g/mol. The molecule has 136 valence electrons. The lowest BCUT2D eigenvalue weighted by Crippen LogP contribution is -2.35. The molecule has 2 aromatic rings. The van der Waals surface area contributed by atoms with Crippen LogP contribution >= 0.6 is 0 Å². The van der Waals surface area contributed by atoms with Crippen molar-refractivity contribution in [2.75, 3.05) is 6.54 Å². The highest BCUT2D eigenvalue weighted by Crippen LogP contribution is 2.26. The van der Waals surface area contributed by atoms with E-state index in [-0.39, 0.29) is 23.8 Å². The summed E-state index contributed by atoms with van der Waals surface area (Å²) in [5, 5.41) is 16.8. The van der Waals surface area contributed by atoms with Crippen molar-refractivity contribution in [2.24, 2.45) is 5.92 Å². The van der Waals surface area contributed by atoms with E-state index >= 15 is 0 Å². The molecule has 1 aromatic carbocycles. The number of hydrogen-bond donors (Lipinski definition) is 2. The normalized spacial score (nSPS) is 14.2.